The summed E-state index contributed by atoms with van der Waals surface area (Å²) >= 11 is 5.25. The molecule has 0 spiro atoms. The van der Waals surface area contributed by atoms with E-state index < -0.39 is 0 Å². The number of aromatic amines is 1. The highest BCUT2D eigenvalue weighted by atomic mass is 32.1. The third-order valence-electron chi connectivity index (χ3n) is 2.51. The Labute approximate surface area is 85.0 Å². The first-order valence-electron chi connectivity index (χ1n) is 4.60. The van der Waals surface area contributed by atoms with Crippen molar-refractivity contribution >= 4 is 12.2 Å². The van der Waals surface area contributed by atoms with Gasteiger partial charge in [-0.1, -0.05) is 33.0 Å². The van der Waals surface area contributed by atoms with Crippen LogP contribution in [-0.2, 0) is 0 Å². The van der Waals surface area contributed by atoms with Crippen molar-refractivity contribution in [2.75, 3.05) is 0 Å². The summed E-state index contributed by atoms with van der Waals surface area (Å²) in [5.41, 5.74) is 1.36. The van der Waals surface area contributed by atoms with E-state index in [0.29, 0.717) is 6.04 Å². The first-order valence-corrected chi connectivity index (χ1v) is 5.01. The zero-order chi connectivity index (χ0) is 10.2. The molecule has 74 valence electrons. The van der Waals surface area contributed by atoms with Crippen LogP contribution in [0.25, 0.3) is 0 Å². The molecule has 0 aliphatic rings. The van der Waals surface area contributed by atoms with Crippen LogP contribution < -0.4 is 0 Å². The van der Waals surface area contributed by atoms with Gasteiger partial charge < -0.3 is 5.10 Å². The van der Waals surface area contributed by atoms with E-state index in [4.69, 9.17) is 12.2 Å². The molecule has 0 aliphatic heterocycles. The van der Waals surface area contributed by atoms with Crippen LogP contribution in [-0.4, -0.2) is 9.78 Å². The number of nitrogens with one attached hydrogen (secondary N) is 1. The molecule has 1 aromatic rings. The van der Waals surface area contributed by atoms with E-state index in [2.05, 4.69) is 37.5 Å². The van der Waals surface area contributed by atoms with Crippen LogP contribution in [0.3, 0.4) is 0 Å². The highest BCUT2D eigenvalue weighted by molar-refractivity contribution is 7.71. The molecule has 1 atom stereocenters. The summed E-state index contributed by atoms with van der Waals surface area (Å²) in [5, 5.41) is 3.26. The maximum absolute atomic E-state index is 5.25. The normalized spacial score (nSPS) is 14.5. The maximum atomic E-state index is 5.25. The minimum Gasteiger partial charge on any atom is -0.302 e. The second-order valence-corrected chi connectivity index (χ2v) is 5.11. The van der Waals surface area contributed by atoms with Crippen molar-refractivity contribution in [2.45, 2.75) is 40.7 Å². The van der Waals surface area contributed by atoms with E-state index in [9.17, 15) is 0 Å². The molecule has 0 fully saturated rings. The Hall–Kier alpha value is -0.570. The largest absolute Gasteiger partial charge is 0.302 e. The lowest BCUT2D eigenvalue weighted by Crippen LogP contribution is -2.22. The third-order valence-corrected chi connectivity index (χ3v) is 2.83. The van der Waals surface area contributed by atoms with Gasteiger partial charge in [0, 0.05) is 5.69 Å². The van der Waals surface area contributed by atoms with Gasteiger partial charge in [0.05, 0.1) is 6.04 Å². The number of hydrogen-bond acceptors (Lipinski definition) is 1. The molecule has 0 aromatic carbocycles. The van der Waals surface area contributed by atoms with Crippen LogP contribution in [0.5, 0.6) is 0 Å². The van der Waals surface area contributed by atoms with Gasteiger partial charge in [-0.05, 0) is 25.3 Å². The number of hydrogen-bond donors (Lipinski definition) is 1. The Morgan fingerprint density at radius 2 is 2.00 bits per heavy atom. The van der Waals surface area contributed by atoms with Gasteiger partial charge in [-0.2, -0.15) is 0 Å². The molecule has 1 heterocycles. The lowest BCUT2D eigenvalue weighted by atomic mass is 9.88. The van der Waals surface area contributed by atoms with Gasteiger partial charge >= 0.3 is 0 Å². The van der Waals surface area contributed by atoms with E-state index in [0.717, 1.165) is 10.3 Å². The Balaban J connectivity index is 3.09. The lowest BCUT2D eigenvalue weighted by molar-refractivity contribution is 0.242. The van der Waals surface area contributed by atoms with Crippen LogP contribution in [0.1, 0.15) is 39.4 Å². The van der Waals surface area contributed by atoms with Crippen molar-refractivity contribution in [1.29, 1.82) is 0 Å². The molecule has 13 heavy (non-hydrogen) atoms. The average molecular weight is 198 g/mol. The highest BCUT2D eigenvalue weighted by Gasteiger charge is 2.22. The third kappa shape index (κ3) is 2.21. The Morgan fingerprint density at radius 3 is 2.31 bits per heavy atom. The van der Waals surface area contributed by atoms with Crippen molar-refractivity contribution in [3.05, 3.63) is 16.4 Å². The van der Waals surface area contributed by atoms with Crippen LogP contribution in [0.15, 0.2) is 6.07 Å². The molecule has 1 unspecified atom stereocenters. The van der Waals surface area contributed by atoms with Gasteiger partial charge in [-0.15, -0.1) is 0 Å². The molecule has 1 N–H and O–H groups in total. The van der Waals surface area contributed by atoms with Crippen molar-refractivity contribution in [1.82, 2.24) is 9.78 Å². The minimum absolute atomic E-state index is 0.232. The monoisotopic (exact) mass is 198 g/mol. The number of aryl methyl sites for hydroxylation is 1. The summed E-state index contributed by atoms with van der Waals surface area (Å²) in [6.45, 7) is 10.9. The smallest absolute Gasteiger partial charge is 0.122 e. The predicted octanol–water partition coefficient (Wildman–Crippen LogP) is 3.46. The second kappa shape index (κ2) is 3.29. The van der Waals surface area contributed by atoms with Gasteiger partial charge in [-0.25, -0.2) is 0 Å². The summed E-state index contributed by atoms with van der Waals surface area (Å²) in [4.78, 5) is 0. The number of aromatic nitrogens is 2. The van der Waals surface area contributed by atoms with E-state index in [-0.39, 0.29) is 5.41 Å². The van der Waals surface area contributed by atoms with Crippen LogP contribution in [0.4, 0.5) is 0 Å². The van der Waals surface area contributed by atoms with Crippen LogP contribution >= 0.6 is 12.2 Å². The average Bonchev–Trinajstić information content (AvgIpc) is 2.26. The van der Waals surface area contributed by atoms with E-state index in [1.165, 1.54) is 0 Å². The molecule has 2 nitrogen and oxygen atoms in total. The van der Waals surface area contributed by atoms with Gasteiger partial charge in [-0.3, -0.25) is 4.68 Å². The zero-order valence-electron chi connectivity index (χ0n) is 9.01. The molecule has 0 bridgehead atoms. The van der Waals surface area contributed by atoms with Crippen molar-refractivity contribution in [3.8, 4) is 0 Å². The summed E-state index contributed by atoms with van der Waals surface area (Å²) in [6.07, 6.45) is 0. The fourth-order valence-corrected chi connectivity index (χ4v) is 1.59. The maximum Gasteiger partial charge on any atom is 0.122 e. The number of H-pyrrole nitrogens is 1. The highest BCUT2D eigenvalue weighted by Crippen LogP contribution is 2.29. The topological polar surface area (TPSA) is 20.7 Å². The molecule has 1 aromatic heterocycles. The molecule has 0 radical (unpaired) electrons. The summed E-state index contributed by atoms with van der Waals surface area (Å²) in [6, 6.07) is 2.39. The van der Waals surface area contributed by atoms with E-state index in [1.54, 1.807) is 0 Å². The number of nitrogens with zero attached hydrogens (tertiary/aromatic N) is 1. The molecule has 0 saturated heterocycles. The summed E-state index contributed by atoms with van der Waals surface area (Å²) in [5.74, 6) is 0. The summed E-state index contributed by atoms with van der Waals surface area (Å²) in [7, 11) is 0. The Bertz CT molecular complexity index is 341. The Morgan fingerprint density at radius 1 is 1.46 bits per heavy atom. The number of rotatable bonds is 1. The molecule has 0 amide bonds. The minimum atomic E-state index is 0.232. The predicted molar refractivity (Wildman–Crippen MR) is 58.5 cm³/mol. The molecular weight excluding hydrogens is 180 g/mol. The SMILES string of the molecule is Cc1cc(=S)n(C(C)C(C)(C)C)[nH]1. The fraction of sp³-hybridized carbons (Fsp3) is 0.700. The first-order chi connectivity index (χ1) is 5.82. The lowest BCUT2D eigenvalue weighted by Gasteiger charge is -2.28. The standard InChI is InChI=1S/C10H18N2S/c1-7-6-9(13)12(11-7)8(2)10(3,4)5/h6,8,11H,1-5H3. The fourth-order valence-electron chi connectivity index (χ4n) is 1.21. The molecule has 1 rings (SSSR count). The van der Waals surface area contributed by atoms with Crippen LogP contribution in [0, 0.1) is 17.0 Å². The first kappa shape index (κ1) is 10.5. The van der Waals surface area contributed by atoms with Gasteiger partial charge in [0.25, 0.3) is 0 Å². The van der Waals surface area contributed by atoms with Gasteiger partial charge in [0.1, 0.15) is 4.64 Å². The van der Waals surface area contributed by atoms with Crippen molar-refractivity contribution < 1.29 is 0 Å². The van der Waals surface area contributed by atoms with Gasteiger partial charge in [0.2, 0.25) is 0 Å². The van der Waals surface area contributed by atoms with Crippen molar-refractivity contribution in [2.24, 2.45) is 5.41 Å². The Kier molecular flexibility index (Phi) is 2.66. The van der Waals surface area contributed by atoms with E-state index >= 15 is 0 Å². The molecule has 3 heteroatoms. The van der Waals surface area contributed by atoms with E-state index in [1.807, 2.05) is 13.0 Å². The second-order valence-electron chi connectivity index (χ2n) is 4.69. The van der Waals surface area contributed by atoms with Crippen LogP contribution in [0.2, 0.25) is 0 Å². The zero-order valence-corrected chi connectivity index (χ0v) is 9.83. The molecule has 0 aliphatic carbocycles. The molecule has 0 saturated carbocycles. The quantitative estimate of drug-likeness (QED) is 0.685. The molecular formula is C10H18N2S. The van der Waals surface area contributed by atoms with Gasteiger partial charge in [0.15, 0.2) is 0 Å². The van der Waals surface area contributed by atoms with Crippen molar-refractivity contribution in [3.63, 3.8) is 0 Å². The summed E-state index contributed by atoms with van der Waals surface area (Å²) < 4.78 is 2.95.